The molecule has 4 rings (SSSR count). The molecule has 16 heteroatoms. The molecule has 0 aromatic heterocycles. The topological polar surface area (TPSA) is 120 Å². The summed E-state index contributed by atoms with van der Waals surface area (Å²) in [6.07, 6.45) is 0. The molecule has 0 fully saturated rings. The van der Waals surface area contributed by atoms with Gasteiger partial charge in [-0.1, -0.05) is 41.5 Å². The number of rotatable bonds is 6. The Balaban J connectivity index is 0. The van der Waals surface area contributed by atoms with Crippen molar-refractivity contribution in [1.82, 2.24) is 9.80 Å². The minimum atomic E-state index is -2.13. The molecule has 0 N–H and O–H groups in total. The van der Waals surface area contributed by atoms with E-state index in [1.807, 2.05) is 0 Å². The summed E-state index contributed by atoms with van der Waals surface area (Å²) in [5.74, 6) is 2.76. The number of carbonyl (C=O) groups excluding carboxylic acids is 2. The average molecular weight is 748 g/mol. The Morgan fingerprint density at radius 3 is 1.24 bits per heavy atom. The van der Waals surface area contributed by atoms with Gasteiger partial charge in [-0.15, -0.1) is 24.3 Å². The maximum atomic E-state index is 12.4. The van der Waals surface area contributed by atoms with Crippen LogP contribution in [0.3, 0.4) is 0 Å². The van der Waals surface area contributed by atoms with Crippen LogP contribution in [0.15, 0.2) is 12.1 Å². The Kier molecular flexibility index (Phi) is 18.9. The van der Waals surface area contributed by atoms with E-state index in [0.29, 0.717) is 45.6 Å². The molecule has 2 aliphatic rings. The molecule has 2 amide bonds. The third-order valence-electron chi connectivity index (χ3n) is 8.41. The van der Waals surface area contributed by atoms with Crippen molar-refractivity contribution in [3.05, 3.63) is 42.0 Å². The summed E-state index contributed by atoms with van der Waals surface area (Å²) >= 11 is 0. The van der Waals surface area contributed by atoms with E-state index in [4.69, 9.17) is 39.6 Å². The van der Waals surface area contributed by atoms with Gasteiger partial charge in [0.1, 0.15) is 11.5 Å². The first-order valence-electron chi connectivity index (χ1n) is 14.8. The average Bonchev–Trinajstić information content (AvgIpc) is 3.63. The maximum absolute atomic E-state index is 12.4. The Morgan fingerprint density at radius 2 is 1.00 bits per heavy atom. The number of nitrogens with zero attached hydrogens (tertiary/aromatic N) is 3. The first-order valence-corrected chi connectivity index (χ1v) is 20.6. The molecule has 11 nitrogen and oxygen atoms in total. The fraction of sp³-hybridized carbons (Fsp3) is 0.545. The summed E-state index contributed by atoms with van der Waals surface area (Å²) in [6.45, 7) is 26.4. The predicted molar refractivity (Wildman–Crippen MR) is 185 cm³/mol. The minimum absolute atomic E-state index is 0. The molecule has 2 heterocycles. The van der Waals surface area contributed by atoms with Gasteiger partial charge < -0.3 is 59.0 Å². The van der Waals surface area contributed by atoms with Crippen molar-refractivity contribution >= 4 is 47.3 Å². The SMILES string of the molecule is CN(C)C(=O)c1[c-]cc2c(c1O[Si](C)(C)C(C)(C)C)OCO2.CN(C)C(=O)c1[c-]cc2c(c1O[Si](C)(C)C(C)(C)C)OCO2.[C-]#N.[Cu+2].[Li+].[Li]. The minimum Gasteiger partial charge on any atom is -0.584 e. The van der Waals surface area contributed by atoms with E-state index in [1.54, 1.807) is 40.3 Å². The zero-order valence-corrected chi connectivity index (χ0v) is 34.9. The molecule has 0 saturated heterocycles. The van der Waals surface area contributed by atoms with Crippen molar-refractivity contribution in [3.63, 3.8) is 0 Å². The molecule has 0 saturated carbocycles. The molecule has 2 radical (unpaired) electrons. The number of amides is 2. The van der Waals surface area contributed by atoms with Crippen LogP contribution in [0, 0.1) is 24.0 Å². The third-order valence-corrected chi connectivity index (χ3v) is 17.1. The van der Waals surface area contributed by atoms with Crippen LogP contribution in [-0.2, 0) is 17.1 Å². The number of hydrogen-bond donors (Lipinski definition) is 0. The second kappa shape index (κ2) is 18.9. The van der Waals surface area contributed by atoms with Crippen LogP contribution < -0.4 is 46.7 Å². The number of fused-ring (bicyclic) bond motifs is 2. The van der Waals surface area contributed by atoms with Crippen LogP contribution in [0.4, 0.5) is 0 Å². The first kappa shape index (κ1) is 48.9. The van der Waals surface area contributed by atoms with Gasteiger partial charge in [0.25, 0.3) is 0 Å². The molecular weight excluding hydrogens is 700 g/mol. The van der Waals surface area contributed by atoms with E-state index in [9.17, 15) is 9.59 Å². The number of hydrogen-bond acceptors (Lipinski definition) is 9. The molecule has 49 heavy (non-hydrogen) atoms. The monoisotopic (exact) mass is 747 g/mol. The third kappa shape index (κ3) is 11.4. The van der Waals surface area contributed by atoms with Gasteiger partial charge in [0.05, 0.1) is 23.0 Å². The standard InChI is InChI=1S/2C16H24NO4Si.CN.Cu.2Li/c2*1-16(2,3)22(6,7)21-13-11(15(18)17(4)5)8-9-12-14(13)20-10-19-12;1-2;;;/h2*9H,10H2,1-7H3;;;;/q3*-1;+2;;+1. The van der Waals surface area contributed by atoms with E-state index >= 15 is 0 Å². The normalized spacial score (nSPS) is 12.6. The summed E-state index contributed by atoms with van der Waals surface area (Å²) in [7, 11) is 2.57. The van der Waals surface area contributed by atoms with Crippen molar-refractivity contribution in [2.45, 2.75) is 77.8 Å². The zero-order chi connectivity index (χ0) is 35.4. The Bertz CT molecular complexity index is 1350. The molecule has 2 aromatic carbocycles. The van der Waals surface area contributed by atoms with Crippen molar-refractivity contribution in [2.24, 2.45) is 0 Å². The summed E-state index contributed by atoms with van der Waals surface area (Å²) in [5.41, 5.74) is 0.776. The second-order valence-electron chi connectivity index (χ2n) is 14.3. The molecule has 0 atom stereocenters. The van der Waals surface area contributed by atoms with E-state index in [0.717, 1.165) is 0 Å². The van der Waals surface area contributed by atoms with Gasteiger partial charge in [-0.2, -0.15) is 0 Å². The molecule has 0 spiro atoms. The van der Waals surface area contributed by atoms with Crippen molar-refractivity contribution < 1.29 is 73.3 Å². The number of ether oxygens (including phenoxy) is 4. The van der Waals surface area contributed by atoms with Gasteiger partial charge in [0.15, 0.2) is 11.8 Å². The first-order chi connectivity index (χ1) is 21.1. The van der Waals surface area contributed by atoms with Gasteiger partial charge in [-0.25, -0.2) is 0 Å². The van der Waals surface area contributed by atoms with Crippen LogP contribution in [0.2, 0.25) is 36.3 Å². The summed E-state index contributed by atoms with van der Waals surface area (Å²) < 4.78 is 34.6. The smallest absolute Gasteiger partial charge is 0.584 e. The predicted octanol–water partition coefficient (Wildman–Crippen LogP) is 3.32. The molecule has 0 bridgehead atoms. The van der Waals surface area contributed by atoms with Crippen molar-refractivity contribution in [3.8, 4) is 34.5 Å². The summed E-state index contributed by atoms with van der Waals surface area (Å²) in [5, 5.41) is 6.27. The van der Waals surface area contributed by atoms with Gasteiger partial charge in [0, 0.05) is 18.9 Å². The fourth-order valence-electron chi connectivity index (χ4n) is 3.56. The largest absolute Gasteiger partial charge is 2.00 e. The van der Waals surface area contributed by atoms with Gasteiger partial charge in [0.2, 0.25) is 30.2 Å². The Hall–Kier alpha value is -2.18. The number of benzene rings is 2. The van der Waals surface area contributed by atoms with E-state index in [-0.39, 0.29) is 90.3 Å². The molecular formula is C33H48CuLi2N3O8Si2. The van der Waals surface area contributed by atoms with Crippen LogP contribution in [0.1, 0.15) is 62.3 Å². The summed E-state index contributed by atoms with van der Waals surface area (Å²) in [6, 6.07) is 9.26. The van der Waals surface area contributed by atoms with Crippen LogP contribution in [0.5, 0.6) is 34.5 Å². The van der Waals surface area contributed by atoms with Crippen molar-refractivity contribution in [1.29, 1.82) is 5.26 Å². The quantitative estimate of drug-likeness (QED) is 0.324. The van der Waals surface area contributed by atoms with Crippen LogP contribution in [0.25, 0.3) is 0 Å². The second-order valence-corrected chi connectivity index (χ2v) is 23.8. The molecule has 2 aliphatic heterocycles. The van der Waals surface area contributed by atoms with E-state index in [2.05, 4.69) is 79.9 Å². The van der Waals surface area contributed by atoms with Crippen molar-refractivity contribution in [2.75, 3.05) is 41.8 Å². The van der Waals surface area contributed by atoms with E-state index in [1.165, 1.54) is 9.80 Å². The molecule has 2 aromatic rings. The van der Waals surface area contributed by atoms with Gasteiger partial charge >= 0.3 is 35.9 Å². The van der Waals surface area contributed by atoms with Crippen LogP contribution in [-0.4, -0.2) is 98.9 Å². The number of carbonyl (C=O) groups is 2. The molecule has 0 unspecified atom stereocenters. The Morgan fingerprint density at radius 1 is 0.714 bits per heavy atom. The fourth-order valence-corrected chi connectivity index (χ4v) is 5.58. The van der Waals surface area contributed by atoms with E-state index < -0.39 is 16.6 Å². The zero-order valence-electron chi connectivity index (χ0n) is 32.0. The Labute approximate surface area is 329 Å². The molecule has 0 aliphatic carbocycles. The summed E-state index contributed by atoms with van der Waals surface area (Å²) in [4.78, 5) is 27.9. The van der Waals surface area contributed by atoms with Gasteiger partial charge in [-0.3, -0.25) is 0 Å². The van der Waals surface area contributed by atoms with Gasteiger partial charge in [-0.05, 0) is 75.6 Å². The van der Waals surface area contributed by atoms with Crippen LogP contribution >= 0.6 is 0 Å². The maximum Gasteiger partial charge on any atom is 2.00 e. The molecule has 264 valence electrons.